The highest BCUT2D eigenvalue weighted by Crippen LogP contribution is 2.35. The van der Waals surface area contributed by atoms with Crippen LogP contribution in [0.1, 0.15) is 53.4 Å². The fourth-order valence-electron chi connectivity index (χ4n) is 3.95. The van der Waals surface area contributed by atoms with Crippen molar-refractivity contribution >= 4 is 12.3 Å². The minimum Gasteiger partial charge on any atom is -0.391 e. The SMILES string of the molecule is CCCC1(CN(C=O)C(C(N)=O)C(C)O)CCCN1CC(C)C. The molecule has 0 aromatic rings. The minimum atomic E-state index is -0.976. The summed E-state index contributed by atoms with van der Waals surface area (Å²) in [6.45, 7) is 10.4. The maximum absolute atomic E-state index is 11.7. The van der Waals surface area contributed by atoms with E-state index in [9.17, 15) is 14.7 Å². The number of hydrogen-bond donors (Lipinski definition) is 2. The lowest BCUT2D eigenvalue weighted by Gasteiger charge is -2.44. The second kappa shape index (κ2) is 8.64. The molecular formula is C17H33N3O3. The van der Waals surface area contributed by atoms with Crippen LogP contribution < -0.4 is 5.73 Å². The van der Waals surface area contributed by atoms with Crippen molar-refractivity contribution in [3.8, 4) is 0 Å². The molecular weight excluding hydrogens is 294 g/mol. The van der Waals surface area contributed by atoms with Crippen LogP contribution >= 0.6 is 0 Å². The second-order valence-electron chi connectivity index (χ2n) is 7.28. The van der Waals surface area contributed by atoms with Gasteiger partial charge in [0, 0.05) is 18.6 Å². The van der Waals surface area contributed by atoms with E-state index >= 15 is 0 Å². The van der Waals surface area contributed by atoms with Gasteiger partial charge in [-0.3, -0.25) is 14.5 Å². The smallest absolute Gasteiger partial charge is 0.242 e. The van der Waals surface area contributed by atoms with E-state index in [1.807, 2.05) is 0 Å². The van der Waals surface area contributed by atoms with Gasteiger partial charge in [0.25, 0.3) is 0 Å². The Hall–Kier alpha value is -1.14. The van der Waals surface area contributed by atoms with Crippen LogP contribution in [0.2, 0.25) is 0 Å². The lowest BCUT2D eigenvalue weighted by atomic mass is 9.88. The van der Waals surface area contributed by atoms with Gasteiger partial charge in [0.1, 0.15) is 6.04 Å². The van der Waals surface area contributed by atoms with Gasteiger partial charge >= 0.3 is 0 Å². The molecule has 2 amide bonds. The molecule has 1 saturated heterocycles. The largest absolute Gasteiger partial charge is 0.391 e. The summed E-state index contributed by atoms with van der Waals surface area (Å²) in [4.78, 5) is 27.2. The van der Waals surface area contributed by atoms with Crippen LogP contribution in [0, 0.1) is 5.92 Å². The van der Waals surface area contributed by atoms with Crippen LogP contribution in [-0.2, 0) is 9.59 Å². The first kappa shape index (κ1) is 19.9. The van der Waals surface area contributed by atoms with E-state index in [0.717, 1.165) is 38.8 Å². The summed E-state index contributed by atoms with van der Waals surface area (Å²) in [5.41, 5.74) is 5.29. The Bertz CT molecular complexity index is 401. The van der Waals surface area contributed by atoms with E-state index in [-0.39, 0.29) is 5.54 Å². The van der Waals surface area contributed by atoms with Crippen molar-refractivity contribution < 1.29 is 14.7 Å². The number of primary amides is 1. The number of carbonyl (C=O) groups is 2. The van der Waals surface area contributed by atoms with Crippen molar-refractivity contribution in [1.82, 2.24) is 9.80 Å². The maximum Gasteiger partial charge on any atom is 0.242 e. The van der Waals surface area contributed by atoms with Gasteiger partial charge in [-0.2, -0.15) is 0 Å². The highest BCUT2D eigenvalue weighted by molar-refractivity contribution is 5.82. The Kier molecular flexibility index (Phi) is 7.48. The standard InChI is InChI=1S/C17H33N3O3/c1-5-7-17(8-6-9-20(17)10-13(2)3)11-19(12-21)15(14(4)22)16(18)23/h12-15,22H,5-11H2,1-4H3,(H2,18,23). The quantitative estimate of drug-likeness (QED) is 0.585. The average Bonchev–Trinajstić information content (AvgIpc) is 2.79. The number of carbonyl (C=O) groups excluding carboxylic acids is 2. The lowest BCUT2D eigenvalue weighted by molar-refractivity contribution is -0.137. The molecule has 3 atom stereocenters. The molecule has 3 N–H and O–H groups in total. The van der Waals surface area contributed by atoms with E-state index in [1.165, 1.54) is 11.8 Å². The highest BCUT2D eigenvalue weighted by Gasteiger charge is 2.43. The molecule has 1 heterocycles. The third kappa shape index (κ3) is 4.91. The van der Waals surface area contributed by atoms with Crippen LogP contribution in [0.3, 0.4) is 0 Å². The van der Waals surface area contributed by atoms with Gasteiger partial charge in [-0.1, -0.05) is 27.2 Å². The topological polar surface area (TPSA) is 86.9 Å². The molecule has 3 unspecified atom stereocenters. The van der Waals surface area contributed by atoms with Crippen molar-refractivity contribution in [1.29, 1.82) is 0 Å². The zero-order chi connectivity index (χ0) is 17.6. The predicted molar refractivity (Wildman–Crippen MR) is 90.7 cm³/mol. The number of amides is 2. The third-order valence-electron chi connectivity index (χ3n) is 4.76. The molecule has 0 saturated carbocycles. The number of likely N-dealkylation sites (tertiary alicyclic amines) is 1. The van der Waals surface area contributed by atoms with Crippen LogP contribution in [0.4, 0.5) is 0 Å². The molecule has 0 aromatic heterocycles. The lowest BCUT2D eigenvalue weighted by Crippen LogP contribution is -2.59. The first-order valence-corrected chi connectivity index (χ1v) is 8.71. The molecule has 6 heteroatoms. The summed E-state index contributed by atoms with van der Waals surface area (Å²) in [6.07, 6.45) is 3.76. The van der Waals surface area contributed by atoms with Gasteiger partial charge in [0.2, 0.25) is 12.3 Å². The summed E-state index contributed by atoms with van der Waals surface area (Å²) >= 11 is 0. The Morgan fingerprint density at radius 3 is 2.52 bits per heavy atom. The molecule has 1 aliphatic rings. The number of nitrogens with two attached hydrogens (primary N) is 1. The zero-order valence-corrected chi connectivity index (χ0v) is 15.0. The van der Waals surface area contributed by atoms with Crippen molar-refractivity contribution in [3.05, 3.63) is 0 Å². The Morgan fingerprint density at radius 1 is 1.43 bits per heavy atom. The van der Waals surface area contributed by atoms with Crippen molar-refractivity contribution in [2.24, 2.45) is 11.7 Å². The number of rotatable bonds is 10. The Morgan fingerprint density at radius 2 is 2.09 bits per heavy atom. The van der Waals surface area contributed by atoms with Gasteiger partial charge in [0.05, 0.1) is 6.10 Å². The second-order valence-corrected chi connectivity index (χ2v) is 7.28. The van der Waals surface area contributed by atoms with Gasteiger partial charge in [-0.25, -0.2) is 0 Å². The summed E-state index contributed by atoms with van der Waals surface area (Å²) in [5, 5.41) is 9.87. The van der Waals surface area contributed by atoms with Gasteiger partial charge in [-0.15, -0.1) is 0 Å². The molecule has 0 bridgehead atoms. The van der Waals surface area contributed by atoms with Crippen molar-refractivity contribution in [2.75, 3.05) is 19.6 Å². The number of aliphatic hydroxyl groups is 1. The van der Waals surface area contributed by atoms with Gasteiger partial charge in [-0.05, 0) is 38.6 Å². The Labute approximate surface area is 140 Å². The van der Waals surface area contributed by atoms with Crippen LogP contribution in [-0.4, -0.2) is 64.5 Å². The van der Waals surface area contributed by atoms with E-state index in [0.29, 0.717) is 18.9 Å². The van der Waals surface area contributed by atoms with Gasteiger partial charge in [0.15, 0.2) is 0 Å². The van der Waals surface area contributed by atoms with Gasteiger partial charge < -0.3 is 15.7 Å². The molecule has 23 heavy (non-hydrogen) atoms. The molecule has 0 spiro atoms. The van der Waals surface area contributed by atoms with E-state index in [4.69, 9.17) is 5.73 Å². The van der Waals surface area contributed by atoms with E-state index < -0.39 is 18.1 Å². The Balaban J connectivity index is 3.03. The summed E-state index contributed by atoms with van der Waals surface area (Å²) in [5.74, 6) is -0.120. The molecule has 134 valence electrons. The molecule has 1 aliphatic heterocycles. The average molecular weight is 327 g/mol. The number of nitrogens with zero attached hydrogens (tertiary/aromatic N) is 2. The normalized spacial score (nSPS) is 24.6. The zero-order valence-electron chi connectivity index (χ0n) is 15.0. The molecule has 6 nitrogen and oxygen atoms in total. The molecule has 0 aromatic carbocycles. The molecule has 1 rings (SSSR count). The molecule has 0 aliphatic carbocycles. The van der Waals surface area contributed by atoms with Crippen LogP contribution in [0.5, 0.6) is 0 Å². The summed E-state index contributed by atoms with van der Waals surface area (Å²) in [6, 6.07) is -0.970. The third-order valence-corrected chi connectivity index (χ3v) is 4.76. The number of aliphatic hydroxyl groups excluding tert-OH is 1. The predicted octanol–water partition coefficient (Wildman–Crippen LogP) is 0.970. The van der Waals surface area contributed by atoms with Crippen molar-refractivity contribution in [2.45, 2.75) is 71.1 Å². The fourth-order valence-corrected chi connectivity index (χ4v) is 3.95. The maximum atomic E-state index is 11.7. The molecule has 0 radical (unpaired) electrons. The van der Waals surface area contributed by atoms with Crippen LogP contribution in [0.15, 0.2) is 0 Å². The number of hydrogen-bond acceptors (Lipinski definition) is 4. The highest BCUT2D eigenvalue weighted by atomic mass is 16.3. The summed E-state index contributed by atoms with van der Waals surface area (Å²) in [7, 11) is 0. The van der Waals surface area contributed by atoms with E-state index in [1.54, 1.807) is 0 Å². The van der Waals surface area contributed by atoms with Crippen LogP contribution in [0.25, 0.3) is 0 Å². The first-order valence-electron chi connectivity index (χ1n) is 8.71. The fraction of sp³-hybridized carbons (Fsp3) is 0.882. The summed E-state index contributed by atoms with van der Waals surface area (Å²) < 4.78 is 0. The first-order chi connectivity index (χ1) is 10.8. The van der Waals surface area contributed by atoms with E-state index in [2.05, 4.69) is 25.7 Å². The minimum absolute atomic E-state index is 0.122. The molecule has 1 fully saturated rings. The monoisotopic (exact) mass is 327 g/mol. The van der Waals surface area contributed by atoms with Crippen molar-refractivity contribution in [3.63, 3.8) is 0 Å².